The van der Waals surface area contributed by atoms with Crippen LogP contribution >= 0.6 is 11.6 Å². The maximum absolute atomic E-state index is 12.6. The van der Waals surface area contributed by atoms with Crippen molar-refractivity contribution < 1.29 is 14.3 Å². The zero-order valence-electron chi connectivity index (χ0n) is 15.5. The summed E-state index contributed by atoms with van der Waals surface area (Å²) in [5.74, 6) is 1.52. The second-order valence-electron chi connectivity index (χ2n) is 5.79. The molecule has 0 aliphatic carbocycles. The summed E-state index contributed by atoms with van der Waals surface area (Å²) in [4.78, 5) is 16.9. The minimum absolute atomic E-state index is 0.273. The predicted molar refractivity (Wildman–Crippen MR) is 111 cm³/mol. The molecule has 0 saturated heterocycles. The van der Waals surface area contributed by atoms with Gasteiger partial charge in [0.2, 0.25) is 0 Å². The van der Waals surface area contributed by atoms with Gasteiger partial charge < -0.3 is 20.1 Å². The minimum Gasteiger partial charge on any atom is -0.495 e. The van der Waals surface area contributed by atoms with Gasteiger partial charge in [0, 0.05) is 17.4 Å². The molecule has 0 unspecified atom stereocenters. The number of carbonyl (C=O) groups excluding carboxylic acids is 1. The number of amides is 1. The number of rotatable bonds is 7. The van der Waals surface area contributed by atoms with Crippen LogP contribution in [0.3, 0.4) is 0 Å². The van der Waals surface area contributed by atoms with Crippen molar-refractivity contribution in [3.63, 3.8) is 0 Å². The summed E-state index contributed by atoms with van der Waals surface area (Å²) < 4.78 is 10.7. The topological polar surface area (TPSA) is 72.5 Å². The monoisotopic (exact) mass is 397 g/mol. The predicted octanol–water partition coefficient (Wildman–Crippen LogP) is 5.14. The molecule has 0 radical (unpaired) electrons. The average molecular weight is 398 g/mol. The Morgan fingerprint density at radius 3 is 2.68 bits per heavy atom. The van der Waals surface area contributed by atoms with E-state index in [9.17, 15) is 4.79 Å². The number of hydrogen-bond acceptors (Lipinski definition) is 5. The normalized spacial score (nSPS) is 10.2. The molecule has 0 bridgehead atoms. The zero-order valence-corrected chi connectivity index (χ0v) is 16.3. The van der Waals surface area contributed by atoms with Gasteiger partial charge in [-0.15, -0.1) is 0 Å². The fraction of sp³-hybridized carbons (Fsp3) is 0.143. The number of hydrogen-bond donors (Lipinski definition) is 2. The van der Waals surface area contributed by atoms with Gasteiger partial charge in [-0.05, 0) is 49.4 Å². The van der Waals surface area contributed by atoms with Crippen LogP contribution < -0.4 is 20.1 Å². The van der Waals surface area contributed by atoms with E-state index in [0.717, 1.165) is 11.4 Å². The van der Waals surface area contributed by atoms with Crippen LogP contribution in [0.25, 0.3) is 0 Å². The number of benzene rings is 2. The first-order valence-electron chi connectivity index (χ1n) is 8.70. The Kier molecular flexibility index (Phi) is 6.34. The van der Waals surface area contributed by atoms with Crippen LogP contribution in [-0.2, 0) is 0 Å². The SMILES string of the molecule is CCOc1ccccc1Nc1cc(C(=O)Nc2ccc(OC)c(Cl)c2)ccn1. The van der Waals surface area contributed by atoms with E-state index in [2.05, 4.69) is 15.6 Å². The van der Waals surface area contributed by atoms with Crippen LogP contribution in [0.5, 0.6) is 11.5 Å². The van der Waals surface area contributed by atoms with Crippen molar-refractivity contribution in [3.8, 4) is 11.5 Å². The highest BCUT2D eigenvalue weighted by Gasteiger charge is 2.10. The molecular weight excluding hydrogens is 378 g/mol. The molecule has 6 nitrogen and oxygen atoms in total. The van der Waals surface area contributed by atoms with E-state index in [1.54, 1.807) is 36.5 Å². The van der Waals surface area contributed by atoms with E-state index in [4.69, 9.17) is 21.1 Å². The summed E-state index contributed by atoms with van der Waals surface area (Å²) >= 11 is 6.11. The molecule has 2 aromatic carbocycles. The van der Waals surface area contributed by atoms with Gasteiger partial charge in [0.05, 0.1) is 24.4 Å². The van der Waals surface area contributed by atoms with E-state index in [1.165, 1.54) is 7.11 Å². The molecule has 3 rings (SSSR count). The van der Waals surface area contributed by atoms with Crippen LogP contribution in [0.1, 0.15) is 17.3 Å². The average Bonchev–Trinajstić information content (AvgIpc) is 2.70. The van der Waals surface area contributed by atoms with E-state index in [0.29, 0.717) is 34.4 Å². The summed E-state index contributed by atoms with van der Waals surface area (Å²) in [6, 6.07) is 15.9. The fourth-order valence-electron chi connectivity index (χ4n) is 2.58. The summed E-state index contributed by atoms with van der Waals surface area (Å²) in [6.45, 7) is 2.48. The smallest absolute Gasteiger partial charge is 0.255 e. The molecule has 1 heterocycles. The maximum Gasteiger partial charge on any atom is 0.255 e. The number of nitrogens with zero attached hydrogens (tertiary/aromatic N) is 1. The molecule has 0 aliphatic heterocycles. The first-order chi connectivity index (χ1) is 13.6. The van der Waals surface area contributed by atoms with Gasteiger partial charge in [-0.1, -0.05) is 23.7 Å². The van der Waals surface area contributed by atoms with Crippen molar-refractivity contribution in [1.29, 1.82) is 0 Å². The molecule has 0 spiro atoms. The molecule has 1 amide bonds. The molecule has 28 heavy (non-hydrogen) atoms. The Balaban J connectivity index is 1.76. The molecular formula is C21H20ClN3O3. The Morgan fingerprint density at radius 2 is 1.93 bits per heavy atom. The molecule has 3 aromatic rings. The summed E-state index contributed by atoms with van der Waals surface area (Å²) in [6.07, 6.45) is 1.57. The van der Waals surface area contributed by atoms with Crippen LogP contribution in [0.2, 0.25) is 5.02 Å². The molecule has 1 aromatic heterocycles. The lowest BCUT2D eigenvalue weighted by molar-refractivity contribution is 0.102. The van der Waals surface area contributed by atoms with E-state index < -0.39 is 0 Å². The molecule has 0 saturated carbocycles. The number of anilines is 3. The second kappa shape index (κ2) is 9.10. The number of carbonyl (C=O) groups is 1. The van der Waals surface area contributed by atoms with Crippen LogP contribution in [-0.4, -0.2) is 24.6 Å². The highest BCUT2D eigenvalue weighted by Crippen LogP contribution is 2.28. The third-order valence-corrected chi connectivity index (χ3v) is 4.18. The van der Waals surface area contributed by atoms with Crippen LogP contribution in [0.15, 0.2) is 60.8 Å². The van der Waals surface area contributed by atoms with Crippen molar-refractivity contribution >= 4 is 34.7 Å². The van der Waals surface area contributed by atoms with Gasteiger partial charge in [-0.25, -0.2) is 4.98 Å². The van der Waals surface area contributed by atoms with Gasteiger partial charge in [0.1, 0.15) is 17.3 Å². The molecule has 0 fully saturated rings. The van der Waals surface area contributed by atoms with Crippen LogP contribution in [0.4, 0.5) is 17.2 Å². The van der Waals surface area contributed by atoms with Gasteiger partial charge in [-0.3, -0.25) is 4.79 Å². The lowest BCUT2D eigenvalue weighted by atomic mass is 10.2. The number of aromatic nitrogens is 1. The fourth-order valence-corrected chi connectivity index (χ4v) is 2.83. The summed E-state index contributed by atoms with van der Waals surface area (Å²) in [7, 11) is 1.54. The summed E-state index contributed by atoms with van der Waals surface area (Å²) in [5.41, 5.74) is 1.80. The quantitative estimate of drug-likeness (QED) is 0.577. The third kappa shape index (κ3) is 4.72. The van der Waals surface area contributed by atoms with Gasteiger partial charge >= 0.3 is 0 Å². The highest BCUT2D eigenvalue weighted by atomic mass is 35.5. The highest BCUT2D eigenvalue weighted by molar-refractivity contribution is 6.32. The zero-order chi connectivity index (χ0) is 19.9. The van der Waals surface area contributed by atoms with Gasteiger partial charge in [0.15, 0.2) is 0 Å². The van der Waals surface area contributed by atoms with E-state index >= 15 is 0 Å². The van der Waals surface area contributed by atoms with Crippen molar-refractivity contribution in [2.75, 3.05) is 24.4 Å². The first kappa shape index (κ1) is 19.5. The van der Waals surface area contributed by atoms with E-state index in [1.807, 2.05) is 31.2 Å². The van der Waals surface area contributed by atoms with Gasteiger partial charge in [0.25, 0.3) is 5.91 Å². The third-order valence-electron chi connectivity index (χ3n) is 3.88. The number of ether oxygens (including phenoxy) is 2. The van der Waals surface area contributed by atoms with E-state index in [-0.39, 0.29) is 5.91 Å². The Morgan fingerprint density at radius 1 is 1.11 bits per heavy atom. The largest absolute Gasteiger partial charge is 0.495 e. The molecule has 0 aliphatic rings. The number of para-hydroxylation sites is 2. The molecule has 144 valence electrons. The number of methoxy groups -OCH3 is 1. The maximum atomic E-state index is 12.6. The van der Waals surface area contributed by atoms with Crippen LogP contribution in [0, 0.1) is 0 Å². The van der Waals surface area contributed by atoms with Crippen molar-refractivity contribution in [3.05, 3.63) is 71.4 Å². The lowest BCUT2D eigenvalue weighted by Crippen LogP contribution is -2.12. The standard InChI is InChI=1S/C21H20ClN3O3/c1-3-28-19-7-5-4-6-17(19)25-20-12-14(10-11-23-20)21(26)24-15-8-9-18(27-2)16(22)13-15/h4-13H,3H2,1-2H3,(H,23,25)(H,24,26). The second-order valence-corrected chi connectivity index (χ2v) is 6.19. The van der Waals surface area contributed by atoms with Crippen molar-refractivity contribution in [2.45, 2.75) is 6.92 Å². The first-order valence-corrected chi connectivity index (χ1v) is 9.08. The molecule has 2 N–H and O–H groups in total. The number of pyridine rings is 1. The Bertz CT molecular complexity index is 979. The van der Waals surface area contributed by atoms with Crippen molar-refractivity contribution in [2.24, 2.45) is 0 Å². The lowest BCUT2D eigenvalue weighted by Gasteiger charge is -2.12. The molecule has 7 heteroatoms. The Labute approximate surface area is 168 Å². The molecule has 0 atom stereocenters. The Hall–Kier alpha value is -3.25. The number of nitrogens with one attached hydrogen (secondary N) is 2. The summed E-state index contributed by atoms with van der Waals surface area (Å²) in [5, 5.41) is 6.42. The number of halogens is 1. The van der Waals surface area contributed by atoms with Crippen molar-refractivity contribution in [1.82, 2.24) is 4.98 Å². The minimum atomic E-state index is -0.273. The van der Waals surface area contributed by atoms with Gasteiger partial charge in [-0.2, -0.15) is 0 Å².